The number of fused-ring (bicyclic) bond motifs is 1. The molecule has 2 heterocycles. The lowest BCUT2D eigenvalue weighted by Crippen LogP contribution is -2.41. The highest BCUT2D eigenvalue weighted by Gasteiger charge is 2.42. The number of hydrogen-bond donors (Lipinski definition) is 2. The molecule has 1 aliphatic carbocycles. The third kappa shape index (κ3) is 2.37. The molecule has 1 fully saturated rings. The Hall–Kier alpha value is -1.40. The first-order chi connectivity index (χ1) is 9.13. The largest absolute Gasteiger partial charge is 0.481 e. The van der Waals surface area contributed by atoms with Crippen molar-refractivity contribution in [3.05, 3.63) is 23.5 Å². The zero-order valence-electron chi connectivity index (χ0n) is 10.6. The summed E-state index contributed by atoms with van der Waals surface area (Å²) in [6.45, 7) is 0.171. The molecular weight excluding hydrogens is 262 g/mol. The third-order valence-electron chi connectivity index (χ3n) is 3.88. The lowest BCUT2D eigenvalue weighted by atomic mass is 9.78. The minimum Gasteiger partial charge on any atom is -0.481 e. The molecule has 0 saturated heterocycles. The van der Waals surface area contributed by atoms with Crippen LogP contribution in [0.2, 0.25) is 0 Å². The fourth-order valence-corrected chi connectivity index (χ4v) is 3.28. The van der Waals surface area contributed by atoms with E-state index in [1.807, 2.05) is 22.2 Å². The molecule has 19 heavy (non-hydrogen) atoms. The molecule has 5 nitrogen and oxygen atoms in total. The highest BCUT2D eigenvalue weighted by Crippen LogP contribution is 2.41. The number of carboxylic acid groups (broad SMARTS) is 1. The van der Waals surface area contributed by atoms with Crippen LogP contribution in [0.1, 0.15) is 25.0 Å². The molecule has 0 aliphatic heterocycles. The second-order valence-electron chi connectivity index (χ2n) is 5.44. The fourth-order valence-electron chi connectivity index (χ4n) is 2.56. The predicted octanol–water partition coefficient (Wildman–Crippen LogP) is 1.77. The second-order valence-corrected chi connectivity index (χ2v) is 6.31. The third-order valence-corrected chi connectivity index (χ3v) is 4.65. The van der Waals surface area contributed by atoms with Gasteiger partial charge in [-0.3, -0.25) is 9.20 Å². The monoisotopic (exact) mass is 279 g/mol. The Balaban J connectivity index is 1.86. The molecule has 3 N–H and O–H groups in total. The van der Waals surface area contributed by atoms with Gasteiger partial charge >= 0.3 is 5.97 Å². The summed E-state index contributed by atoms with van der Waals surface area (Å²) in [7, 11) is 0. The van der Waals surface area contributed by atoms with Crippen LogP contribution in [0.25, 0.3) is 4.96 Å². The van der Waals surface area contributed by atoms with Crippen LogP contribution in [-0.2, 0) is 11.2 Å². The van der Waals surface area contributed by atoms with E-state index in [2.05, 4.69) is 4.98 Å². The van der Waals surface area contributed by atoms with Crippen molar-refractivity contribution >= 4 is 22.3 Å². The van der Waals surface area contributed by atoms with E-state index in [0.717, 1.165) is 23.5 Å². The number of carbonyl (C=O) groups is 1. The molecule has 0 radical (unpaired) electrons. The van der Waals surface area contributed by atoms with Crippen LogP contribution in [0.15, 0.2) is 17.8 Å². The molecule has 2 aromatic heterocycles. The number of nitrogens with zero attached hydrogens (tertiary/aromatic N) is 2. The zero-order valence-corrected chi connectivity index (χ0v) is 11.4. The van der Waals surface area contributed by atoms with Crippen molar-refractivity contribution < 1.29 is 9.90 Å². The van der Waals surface area contributed by atoms with Crippen LogP contribution in [-0.4, -0.2) is 27.0 Å². The molecule has 0 aromatic carbocycles. The Bertz CT molecular complexity index is 573. The van der Waals surface area contributed by atoms with Crippen LogP contribution in [0.3, 0.4) is 0 Å². The molecule has 2 aromatic rings. The number of imidazole rings is 1. The molecule has 102 valence electrons. The highest BCUT2D eigenvalue weighted by atomic mass is 32.1. The molecule has 0 bridgehead atoms. The van der Waals surface area contributed by atoms with Crippen molar-refractivity contribution in [1.29, 1.82) is 0 Å². The smallest absolute Gasteiger partial charge is 0.311 e. The summed E-state index contributed by atoms with van der Waals surface area (Å²) in [4.78, 5) is 17.0. The number of hydrogen-bond acceptors (Lipinski definition) is 4. The minimum absolute atomic E-state index is 0.171. The lowest BCUT2D eigenvalue weighted by molar-refractivity contribution is -0.149. The van der Waals surface area contributed by atoms with Crippen LogP contribution >= 0.6 is 11.3 Å². The number of nitrogens with two attached hydrogens (primary N) is 1. The Morgan fingerprint density at radius 2 is 2.42 bits per heavy atom. The standard InChI is InChI=1S/C13H17N3O2S/c14-8-13(11(17)18,5-9-1-2-9)6-10-7-16-3-4-19-12(16)15-10/h3-4,7,9H,1-2,5-6,8,14H2,(H,17,18). The van der Waals surface area contributed by atoms with E-state index in [0.29, 0.717) is 18.8 Å². The van der Waals surface area contributed by atoms with Gasteiger partial charge in [-0.1, -0.05) is 12.8 Å². The summed E-state index contributed by atoms with van der Waals surface area (Å²) >= 11 is 1.55. The number of thiazole rings is 1. The first-order valence-corrected chi connectivity index (χ1v) is 7.35. The van der Waals surface area contributed by atoms with Crippen LogP contribution in [0, 0.1) is 11.3 Å². The maximum Gasteiger partial charge on any atom is 0.311 e. The Kier molecular flexibility index (Phi) is 3.06. The quantitative estimate of drug-likeness (QED) is 0.844. The van der Waals surface area contributed by atoms with Gasteiger partial charge in [0.2, 0.25) is 0 Å². The topological polar surface area (TPSA) is 80.6 Å². The predicted molar refractivity (Wildman–Crippen MR) is 73.2 cm³/mol. The number of aliphatic carboxylic acids is 1. The molecule has 1 atom stereocenters. The lowest BCUT2D eigenvalue weighted by Gasteiger charge is -2.27. The maximum atomic E-state index is 11.7. The van der Waals surface area contributed by atoms with E-state index < -0.39 is 11.4 Å². The van der Waals surface area contributed by atoms with Crippen molar-refractivity contribution in [2.75, 3.05) is 6.54 Å². The summed E-state index contributed by atoms with van der Waals surface area (Å²) in [5, 5.41) is 11.5. The maximum absolute atomic E-state index is 11.7. The van der Waals surface area contributed by atoms with Gasteiger partial charge in [0.25, 0.3) is 0 Å². The van der Waals surface area contributed by atoms with Crippen molar-refractivity contribution in [2.45, 2.75) is 25.7 Å². The van der Waals surface area contributed by atoms with E-state index in [1.54, 1.807) is 11.3 Å². The van der Waals surface area contributed by atoms with E-state index in [9.17, 15) is 9.90 Å². The van der Waals surface area contributed by atoms with E-state index in [4.69, 9.17) is 5.73 Å². The Morgan fingerprint density at radius 3 is 3.00 bits per heavy atom. The molecule has 1 unspecified atom stereocenters. The summed E-state index contributed by atoms with van der Waals surface area (Å²) < 4.78 is 1.93. The molecule has 0 amide bonds. The molecule has 1 aliphatic rings. The molecular formula is C13H17N3O2S. The van der Waals surface area contributed by atoms with Gasteiger partial charge in [0.05, 0.1) is 11.1 Å². The van der Waals surface area contributed by atoms with Gasteiger partial charge in [0.1, 0.15) is 0 Å². The zero-order chi connectivity index (χ0) is 13.5. The fraction of sp³-hybridized carbons (Fsp3) is 0.538. The Labute approximate surface area is 115 Å². The number of carboxylic acids is 1. The molecule has 1 saturated carbocycles. The van der Waals surface area contributed by atoms with Crippen LogP contribution in [0.5, 0.6) is 0 Å². The average molecular weight is 279 g/mol. The summed E-state index contributed by atoms with van der Waals surface area (Å²) in [6.07, 6.45) is 7.20. The van der Waals surface area contributed by atoms with Gasteiger partial charge in [-0.15, -0.1) is 11.3 Å². The first kappa shape index (κ1) is 12.6. The van der Waals surface area contributed by atoms with Gasteiger partial charge in [0, 0.05) is 30.7 Å². The van der Waals surface area contributed by atoms with Crippen molar-refractivity contribution in [2.24, 2.45) is 17.1 Å². The SMILES string of the molecule is NCC(Cc1cn2ccsc2n1)(CC1CC1)C(=O)O. The number of rotatable bonds is 6. The van der Waals surface area contributed by atoms with Gasteiger partial charge in [-0.25, -0.2) is 4.98 Å². The van der Waals surface area contributed by atoms with E-state index in [-0.39, 0.29) is 6.54 Å². The molecule has 3 rings (SSSR count). The second kappa shape index (κ2) is 4.61. The van der Waals surface area contributed by atoms with E-state index in [1.165, 1.54) is 0 Å². The minimum atomic E-state index is -0.856. The summed E-state index contributed by atoms with van der Waals surface area (Å²) in [5.41, 5.74) is 5.75. The van der Waals surface area contributed by atoms with Gasteiger partial charge in [0.15, 0.2) is 4.96 Å². The van der Waals surface area contributed by atoms with Gasteiger partial charge < -0.3 is 10.8 Å². The van der Waals surface area contributed by atoms with Crippen molar-refractivity contribution in [3.63, 3.8) is 0 Å². The van der Waals surface area contributed by atoms with Crippen LogP contribution < -0.4 is 5.73 Å². The normalized spacial score (nSPS) is 18.6. The van der Waals surface area contributed by atoms with Crippen LogP contribution in [0.4, 0.5) is 0 Å². The van der Waals surface area contributed by atoms with E-state index >= 15 is 0 Å². The highest BCUT2D eigenvalue weighted by molar-refractivity contribution is 7.15. The molecule has 6 heteroatoms. The van der Waals surface area contributed by atoms with Crippen molar-refractivity contribution in [3.8, 4) is 0 Å². The first-order valence-electron chi connectivity index (χ1n) is 6.47. The summed E-state index contributed by atoms with van der Waals surface area (Å²) in [5.74, 6) is -0.262. The van der Waals surface area contributed by atoms with Gasteiger partial charge in [-0.2, -0.15) is 0 Å². The average Bonchev–Trinajstić information content (AvgIpc) is 2.93. The van der Waals surface area contributed by atoms with Gasteiger partial charge in [-0.05, 0) is 12.3 Å². The summed E-state index contributed by atoms with van der Waals surface area (Å²) in [6, 6.07) is 0. The Morgan fingerprint density at radius 1 is 1.63 bits per heavy atom. The number of aromatic nitrogens is 2. The molecule has 0 spiro atoms. The van der Waals surface area contributed by atoms with Crippen molar-refractivity contribution in [1.82, 2.24) is 9.38 Å².